The summed E-state index contributed by atoms with van der Waals surface area (Å²) in [5.74, 6) is -5.52. The average Bonchev–Trinajstić information content (AvgIpc) is 1.61. The van der Waals surface area contributed by atoms with Crippen molar-refractivity contribution >= 4 is 128 Å². The van der Waals surface area contributed by atoms with Gasteiger partial charge in [0.05, 0.1) is 115 Å². The monoisotopic (exact) mass is 2120 g/mol. The molecule has 6 amide bonds. The molecule has 0 spiro atoms. The Hall–Kier alpha value is -15.2. The summed E-state index contributed by atoms with van der Waals surface area (Å²) >= 11 is 5.09. The van der Waals surface area contributed by atoms with Crippen molar-refractivity contribution in [3.8, 4) is 68.0 Å². The number of nitrogens with zero attached hydrogens (tertiary/aromatic N) is 21. The maximum atomic E-state index is 13.4. The third-order valence-electron chi connectivity index (χ3n) is 23.7. The number of nitrogens with one attached hydrogen (secondary N) is 7. The van der Waals surface area contributed by atoms with Gasteiger partial charge in [-0.15, -0.1) is 35.3 Å². The summed E-state index contributed by atoms with van der Waals surface area (Å²) < 4.78 is 170. The fraction of sp³-hybridized carbons (Fsp3) is 0.298. The minimum atomic E-state index is -3.22. The first kappa shape index (κ1) is 103. The number of thioether (sulfide) groups is 4. The lowest BCUT2D eigenvalue weighted by Gasteiger charge is -2.47. The van der Waals surface area contributed by atoms with Crippen molar-refractivity contribution in [1.82, 2.24) is 118 Å². The van der Waals surface area contributed by atoms with Crippen molar-refractivity contribution in [2.75, 3.05) is 101 Å². The minimum Gasteiger partial charge on any atom is -0.434 e. The van der Waals surface area contributed by atoms with E-state index in [0.29, 0.717) is 99.7 Å². The van der Waals surface area contributed by atoms with E-state index in [1.165, 1.54) is 122 Å². The van der Waals surface area contributed by atoms with Crippen LogP contribution >= 0.6 is 47.0 Å². The number of fused-ring (bicyclic) bond motifs is 4. The number of likely N-dealkylation sites (N-methyl/N-ethyl adjacent to an activating group) is 1. The number of benzene rings is 4. The van der Waals surface area contributed by atoms with Crippen molar-refractivity contribution in [3.05, 3.63) is 218 Å². The molecular formula is C94H88F10N28O12S4. The van der Waals surface area contributed by atoms with E-state index in [2.05, 4.69) is 102 Å². The summed E-state index contributed by atoms with van der Waals surface area (Å²) in [6, 6.07) is 25.7. The largest absolute Gasteiger partial charge is 0.434 e. The second-order valence-corrected chi connectivity index (χ2v) is 38.9. The summed E-state index contributed by atoms with van der Waals surface area (Å²) in [4.78, 5) is 101. The van der Waals surface area contributed by atoms with Gasteiger partial charge in [-0.1, -0.05) is 11.8 Å². The first-order valence-corrected chi connectivity index (χ1v) is 49.1. The first-order valence-electron chi connectivity index (χ1n) is 45.6. The topological polar surface area (TPSA) is 441 Å². The van der Waals surface area contributed by atoms with E-state index in [9.17, 15) is 72.7 Å². The molecule has 5 fully saturated rings. The van der Waals surface area contributed by atoms with Crippen LogP contribution in [0, 0.1) is 0 Å². The molecule has 21 rings (SSSR count). The summed E-state index contributed by atoms with van der Waals surface area (Å²) in [5, 5.41) is 54.6. The molecule has 5 aliphatic rings. The number of carbonyl (C=O) groups excluding carboxylic acids is 6. The van der Waals surface area contributed by atoms with Gasteiger partial charge >= 0.3 is 26.4 Å². The molecule has 148 heavy (non-hydrogen) atoms. The van der Waals surface area contributed by atoms with E-state index in [1.54, 1.807) is 157 Å². The predicted octanol–water partition coefficient (Wildman–Crippen LogP) is 14.9. The molecule has 5 saturated heterocycles. The molecule has 4 aromatic carbocycles. The van der Waals surface area contributed by atoms with Crippen molar-refractivity contribution in [2.45, 2.75) is 119 Å². The molecule has 1 unspecified atom stereocenters. The number of aromatic amines is 2. The standard InChI is InChI=1S/C26H25F2N7O4S.C24H23F2N7O3S.C22H19F4N7O3S.C22H21F2N7O2S/c27-26(28)39-22-3-2-17(40-18-13-38-14-18)6-19(22)23-21(10-35(32-23)15-8-33(9-15)16-11-37-12-16)31-25(36)20-7-30-34-5-1-4-29-24(20)34;1-14(34)32-9-5-15(6-10-32)37-16-3-4-20(36-24(25)26)17(11-16)21-19(13-28-31-21)30-23(35)18-12-29-33-8-2-7-27-22(18)33;1-31(2)17(34)11-32-10-15(29-20(35)14-9-28-33-7-3-6-27-19(14)33)18(30-32)13-8-12(37-22(25)26)4-5-16(13)36-21(23)24;23-22(24)33-18-5-4-13(34-14-3-1-6-25-10-14)9-15(18)19-17(12-27-30-19)29-21(32)16-11-28-31-8-2-7-26-20(16)31/h1-7,10,15-16,18,26H,8-9,11-14H2,(H,31,36);2-4,7-8,11-13,15,24H,5-6,9-10H2,1H3,(H,28,31)(H,30,35);3-10,21-22H,11H2,1-2H3,(H,29,35);2,4-5,7-9,11-12,14,22,25H,1,3,6,10H2,(H,27,30)(H,29,32). The van der Waals surface area contributed by atoms with Crippen LogP contribution in [0.4, 0.5) is 66.7 Å². The van der Waals surface area contributed by atoms with Crippen molar-refractivity contribution < 1.29 is 101 Å². The van der Waals surface area contributed by atoms with Gasteiger partial charge < -0.3 is 64.8 Å². The average molecular weight is 2120 g/mol. The number of carbonyl (C=O) groups is 6. The maximum absolute atomic E-state index is 13.4. The number of rotatable bonds is 32. The quantitative estimate of drug-likeness (QED) is 0.0152. The van der Waals surface area contributed by atoms with Crippen LogP contribution in [0.5, 0.6) is 23.0 Å². The lowest BCUT2D eigenvalue weighted by Crippen LogP contribution is -2.59. The van der Waals surface area contributed by atoms with Crippen LogP contribution in [0.2, 0.25) is 0 Å². The van der Waals surface area contributed by atoms with Gasteiger partial charge in [0, 0.05) is 168 Å². The molecule has 0 radical (unpaired) electrons. The molecule has 770 valence electrons. The number of hydrogen-bond acceptors (Lipinski definition) is 30. The van der Waals surface area contributed by atoms with Crippen LogP contribution in [0.1, 0.15) is 80.1 Å². The zero-order valence-corrected chi connectivity index (χ0v) is 81.3. The Balaban J connectivity index is 0.000000129. The number of halogens is 10. The summed E-state index contributed by atoms with van der Waals surface area (Å²) in [6.45, 7) is -3.44. The lowest BCUT2D eigenvalue weighted by atomic mass is 10.0. The number of alkyl halides is 10. The Morgan fingerprint density at radius 1 is 0.466 bits per heavy atom. The molecular weight excluding hydrogens is 2030 g/mol. The van der Waals surface area contributed by atoms with Crippen molar-refractivity contribution in [3.63, 3.8) is 0 Å². The molecule has 0 bridgehead atoms. The molecule has 54 heteroatoms. The Labute approximate surface area is 848 Å². The highest BCUT2D eigenvalue weighted by atomic mass is 32.2. The fourth-order valence-corrected chi connectivity index (χ4v) is 20.2. The van der Waals surface area contributed by atoms with Crippen LogP contribution in [-0.2, 0) is 25.6 Å². The predicted molar refractivity (Wildman–Crippen MR) is 523 cm³/mol. The minimum absolute atomic E-state index is 0.0153. The molecule has 12 aromatic heterocycles. The molecule has 16 aromatic rings. The van der Waals surface area contributed by atoms with Gasteiger partial charge in [-0.25, -0.2) is 38.0 Å². The fourth-order valence-electron chi connectivity index (χ4n) is 16.3. The number of likely N-dealkylation sites (tertiary alicyclic amines) is 2. The van der Waals surface area contributed by atoms with Gasteiger partial charge in [0.15, 0.2) is 22.6 Å². The first-order chi connectivity index (χ1) is 71.6. The number of hydrogen-bond donors (Lipinski definition) is 7. The number of aromatic nitrogens is 20. The number of ether oxygens (including phenoxy) is 6. The zero-order valence-electron chi connectivity index (χ0n) is 78.1. The normalized spacial score (nSPS) is 15.1. The van der Waals surface area contributed by atoms with E-state index in [-0.39, 0.29) is 125 Å². The Kier molecular flexibility index (Phi) is 32.4. The van der Waals surface area contributed by atoms with Gasteiger partial charge in [-0.3, -0.25) is 53.2 Å². The molecule has 5 aliphatic heterocycles. The second kappa shape index (κ2) is 46.6. The highest BCUT2D eigenvalue weighted by molar-refractivity contribution is 8.00. The van der Waals surface area contributed by atoms with Crippen LogP contribution in [0.15, 0.2) is 216 Å². The zero-order chi connectivity index (χ0) is 103. The smallest absolute Gasteiger partial charge is 0.387 e. The number of anilines is 4. The van der Waals surface area contributed by atoms with E-state index >= 15 is 0 Å². The SMILES string of the molecule is CC(=O)N1CCC(Sc2ccc(OC(F)F)c(-c3[nH]ncc3NC(=O)c3cnn4cccnc34)c2)CC1.CN(C)C(=O)Cn1cc(NC(=O)c2cnn3cccnc23)c(-c2cc(SC(F)F)ccc2OC(F)F)n1.O=C(Nc1cn(C2CN(C3COC3)C2)nc1-c1cc(SC2COC2)ccc1OC(F)F)c1cnn2cccnc12.O=C(Nc1cn[nH]c1-c1cc(SC2CCCNC2)ccc1OC(F)F)c1cnn2cccnc12. The molecule has 40 nitrogen and oxygen atoms in total. The summed E-state index contributed by atoms with van der Waals surface area (Å²) in [7, 11) is 3.07. The number of H-pyrrole nitrogens is 2. The lowest BCUT2D eigenvalue weighted by molar-refractivity contribution is -0.130. The number of piperidine rings is 2. The molecule has 17 heterocycles. The van der Waals surface area contributed by atoms with Crippen molar-refractivity contribution in [1.29, 1.82) is 0 Å². The van der Waals surface area contributed by atoms with E-state index in [4.69, 9.17) is 28.8 Å². The highest BCUT2D eigenvalue weighted by Crippen LogP contribution is 2.46. The van der Waals surface area contributed by atoms with Gasteiger partial charge in [0.25, 0.3) is 29.4 Å². The third kappa shape index (κ3) is 24.7. The summed E-state index contributed by atoms with van der Waals surface area (Å²) in [6.07, 6.45) is 28.1. The Bertz CT molecular complexity index is 7450. The van der Waals surface area contributed by atoms with Gasteiger partial charge in [-0.05, 0) is 129 Å². The maximum Gasteiger partial charge on any atom is 0.387 e. The van der Waals surface area contributed by atoms with E-state index < -0.39 is 55.8 Å². The molecule has 0 saturated carbocycles. The van der Waals surface area contributed by atoms with Gasteiger partial charge in [0.1, 0.15) is 63.2 Å². The molecule has 1 atom stereocenters. The second-order valence-electron chi connectivity index (χ2n) is 33.7. The highest BCUT2D eigenvalue weighted by Gasteiger charge is 2.39. The van der Waals surface area contributed by atoms with Crippen LogP contribution in [-0.4, -0.2) is 282 Å². The van der Waals surface area contributed by atoms with E-state index in [0.717, 1.165) is 85.8 Å². The Morgan fingerprint density at radius 3 is 1.26 bits per heavy atom. The van der Waals surface area contributed by atoms with E-state index in [1.807, 2.05) is 4.90 Å². The van der Waals surface area contributed by atoms with Gasteiger partial charge in [0.2, 0.25) is 11.8 Å². The van der Waals surface area contributed by atoms with Gasteiger partial charge in [-0.2, -0.15) is 84.7 Å². The van der Waals surface area contributed by atoms with Crippen LogP contribution in [0.3, 0.4) is 0 Å². The number of amides is 6. The molecule has 7 N–H and O–H groups in total. The van der Waals surface area contributed by atoms with Crippen LogP contribution in [0.25, 0.3) is 67.6 Å². The summed E-state index contributed by atoms with van der Waals surface area (Å²) in [5.41, 5.74) is 5.25. The third-order valence-corrected chi connectivity index (χ3v) is 28.1. The van der Waals surface area contributed by atoms with Crippen LogP contribution < -0.4 is 45.5 Å². The molecule has 0 aliphatic carbocycles. The van der Waals surface area contributed by atoms with Crippen molar-refractivity contribution in [2.24, 2.45) is 0 Å². The Morgan fingerprint density at radius 2 is 0.865 bits per heavy atom.